The minimum absolute atomic E-state index is 0.0911. The smallest absolute Gasteiger partial charge is 0.104 e. The number of hydrogen-bond acceptors (Lipinski definition) is 2. The Hall–Kier alpha value is -1.46. The van der Waals surface area contributed by atoms with Crippen molar-refractivity contribution < 1.29 is 5.11 Å². The van der Waals surface area contributed by atoms with Gasteiger partial charge in [-0.2, -0.15) is 0 Å². The van der Waals surface area contributed by atoms with Gasteiger partial charge in [0.05, 0.1) is 0 Å². The highest BCUT2D eigenvalue weighted by molar-refractivity contribution is 5.51. The molecular formula is C11H13NO. The number of nitrogens with zero attached hydrogens (tertiary/aromatic N) is 1. The zero-order valence-corrected chi connectivity index (χ0v) is 7.91. The monoisotopic (exact) mass is 175 g/mol. The van der Waals surface area contributed by atoms with Crippen molar-refractivity contribution in [3.63, 3.8) is 0 Å². The third-order valence-corrected chi connectivity index (χ3v) is 1.67. The van der Waals surface area contributed by atoms with Crippen LogP contribution in [-0.2, 0) is 0 Å². The van der Waals surface area contributed by atoms with Crippen LogP contribution in [0.5, 0.6) is 0 Å². The Labute approximate surface area is 78.8 Å². The van der Waals surface area contributed by atoms with Crippen LogP contribution in [0.2, 0.25) is 0 Å². The number of aliphatic hydroxyl groups is 1. The molecule has 0 aliphatic carbocycles. The minimum Gasteiger partial charge on any atom is -0.384 e. The number of aliphatic hydroxyl groups excluding tert-OH is 1. The maximum atomic E-state index is 8.52. The molecule has 0 spiro atoms. The van der Waals surface area contributed by atoms with Crippen LogP contribution in [0, 0.1) is 11.8 Å². The SMILES string of the molecule is CN(C)c1cccc(C#CCO)c1. The average Bonchev–Trinajstić information content (AvgIpc) is 2.15. The van der Waals surface area contributed by atoms with Crippen molar-refractivity contribution in [3.8, 4) is 11.8 Å². The molecule has 0 unspecified atom stereocenters. The van der Waals surface area contributed by atoms with E-state index in [4.69, 9.17) is 5.11 Å². The summed E-state index contributed by atoms with van der Waals surface area (Å²) in [6, 6.07) is 7.89. The summed E-state index contributed by atoms with van der Waals surface area (Å²) < 4.78 is 0. The molecule has 0 fully saturated rings. The molecule has 1 aromatic carbocycles. The van der Waals surface area contributed by atoms with Gasteiger partial charge in [0, 0.05) is 25.3 Å². The second kappa shape index (κ2) is 4.54. The molecule has 68 valence electrons. The predicted octanol–water partition coefficient (Wildman–Crippen LogP) is 1.10. The Morgan fingerprint density at radius 3 is 2.77 bits per heavy atom. The van der Waals surface area contributed by atoms with Crippen LogP contribution in [0.15, 0.2) is 24.3 Å². The fraction of sp³-hybridized carbons (Fsp3) is 0.273. The van der Waals surface area contributed by atoms with Crippen LogP contribution in [0.25, 0.3) is 0 Å². The Bertz CT molecular complexity index is 333. The van der Waals surface area contributed by atoms with Crippen LogP contribution in [0.4, 0.5) is 5.69 Å². The molecule has 1 N–H and O–H groups in total. The summed E-state index contributed by atoms with van der Waals surface area (Å²) >= 11 is 0. The molecule has 0 saturated heterocycles. The third kappa shape index (κ3) is 2.81. The molecule has 0 bridgehead atoms. The molecule has 0 atom stereocenters. The number of hydrogen-bond donors (Lipinski definition) is 1. The van der Waals surface area contributed by atoms with E-state index in [0.717, 1.165) is 11.3 Å². The lowest BCUT2D eigenvalue weighted by molar-refractivity contribution is 0.350. The van der Waals surface area contributed by atoms with Gasteiger partial charge in [-0.25, -0.2) is 0 Å². The lowest BCUT2D eigenvalue weighted by Gasteiger charge is -2.11. The summed E-state index contributed by atoms with van der Waals surface area (Å²) in [5, 5.41) is 8.52. The molecule has 2 nitrogen and oxygen atoms in total. The first-order chi connectivity index (χ1) is 6.24. The molecule has 0 saturated carbocycles. The Morgan fingerprint density at radius 2 is 2.15 bits per heavy atom. The van der Waals surface area contributed by atoms with E-state index in [9.17, 15) is 0 Å². The molecule has 0 aliphatic heterocycles. The molecule has 1 aromatic rings. The fourth-order valence-electron chi connectivity index (χ4n) is 1.00. The average molecular weight is 175 g/mol. The lowest BCUT2D eigenvalue weighted by Crippen LogP contribution is -2.08. The standard InChI is InChI=1S/C11H13NO/c1-12(2)11-7-3-5-10(9-11)6-4-8-13/h3,5,7,9,13H,8H2,1-2H3. The molecule has 2 heteroatoms. The van der Waals surface area contributed by atoms with Crippen molar-refractivity contribution in [1.29, 1.82) is 0 Å². The second-order valence-electron chi connectivity index (χ2n) is 2.90. The lowest BCUT2D eigenvalue weighted by atomic mass is 10.2. The zero-order valence-electron chi connectivity index (χ0n) is 7.91. The van der Waals surface area contributed by atoms with E-state index in [1.54, 1.807) is 0 Å². The Balaban J connectivity index is 2.92. The zero-order chi connectivity index (χ0) is 9.68. The topological polar surface area (TPSA) is 23.5 Å². The van der Waals surface area contributed by atoms with E-state index in [2.05, 4.69) is 11.8 Å². The molecule has 0 aromatic heterocycles. The fourth-order valence-corrected chi connectivity index (χ4v) is 1.00. The third-order valence-electron chi connectivity index (χ3n) is 1.67. The number of benzene rings is 1. The highest BCUT2D eigenvalue weighted by Crippen LogP contribution is 2.12. The number of rotatable bonds is 1. The van der Waals surface area contributed by atoms with Crippen LogP contribution >= 0.6 is 0 Å². The van der Waals surface area contributed by atoms with Crippen molar-refractivity contribution in [2.45, 2.75) is 0 Å². The van der Waals surface area contributed by atoms with Gasteiger partial charge in [-0.3, -0.25) is 0 Å². The summed E-state index contributed by atoms with van der Waals surface area (Å²) in [5.74, 6) is 5.48. The van der Waals surface area contributed by atoms with Gasteiger partial charge in [-0.1, -0.05) is 17.9 Å². The van der Waals surface area contributed by atoms with Gasteiger partial charge in [-0.15, -0.1) is 0 Å². The minimum atomic E-state index is -0.0911. The molecule has 0 amide bonds. The van der Waals surface area contributed by atoms with Crippen LogP contribution < -0.4 is 4.90 Å². The van der Waals surface area contributed by atoms with Crippen molar-refractivity contribution in [2.75, 3.05) is 25.6 Å². The Morgan fingerprint density at radius 1 is 1.38 bits per heavy atom. The van der Waals surface area contributed by atoms with Gasteiger partial charge < -0.3 is 10.0 Å². The first-order valence-corrected chi connectivity index (χ1v) is 4.11. The normalized spacial score (nSPS) is 8.85. The summed E-state index contributed by atoms with van der Waals surface area (Å²) in [6.45, 7) is -0.0911. The number of anilines is 1. The van der Waals surface area contributed by atoms with Crippen molar-refractivity contribution in [3.05, 3.63) is 29.8 Å². The molecule has 1 rings (SSSR count). The maximum Gasteiger partial charge on any atom is 0.104 e. The van der Waals surface area contributed by atoms with Gasteiger partial charge in [0.2, 0.25) is 0 Å². The molecule has 13 heavy (non-hydrogen) atoms. The van der Waals surface area contributed by atoms with E-state index < -0.39 is 0 Å². The quantitative estimate of drug-likeness (QED) is 0.646. The van der Waals surface area contributed by atoms with Crippen molar-refractivity contribution in [2.24, 2.45) is 0 Å². The van der Waals surface area contributed by atoms with Crippen LogP contribution in [-0.4, -0.2) is 25.8 Å². The van der Waals surface area contributed by atoms with E-state index in [1.807, 2.05) is 43.3 Å². The van der Waals surface area contributed by atoms with Gasteiger partial charge in [0.15, 0.2) is 0 Å². The van der Waals surface area contributed by atoms with Gasteiger partial charge in [0.1, 0.15) is 6.61 Å². The van der Waals surface area contributed by atoms with Crippen molar-refractivity contribution >= 4 is 5.69 Å². The van der Waals surface area contributed by atoms with Gasteiger partial charge in [-0.05, 0) is 18.2 Å². The molecule has 0 heterocycles. The van der Waals surface area contributed by atoms with Gasteiger partial charge in [0.25, 0.3) is 0 Å². The summed E-state index contributed by atoms with van der Waals surface area (Å²) in [4.78, 5) is 2.02. The molecular weight excluding hydrogens is 162 g/mol. The molecule has 0 aliphatic rings. The molecule has 0 radical (unpaired) electrons. The largest absolute Gasteiger partial charge is 0.384 e. The van der Waals surface area contributed by atoms with E-state index in [0.29, 0.717) is 0 Å². The second-order valence-corrected chi connectivity index (χ2v) is 2.90. The summed E-state index contributed by atoms with van der Waals surface area (Å²) in [5.41, 5.74) is 2.05. The summed E-state index contributed by atoms with van der Waals surface area (Å²) in [6.07, 6.45) is 0. The van der Waals surface area contributed by atoms with E-state index >= 15 is 0 Å². The van der Waals surface area contributed by atoms with E-state index in [-0.39, 0.29) is 6.61 Å². The van der Waals surface area contributed by atoms with Crippen LogP contribution in [0.3, 0.4) is 0 Å². The first kappa shape index (κ1) is 9.63. The van der Waals surface area contributed by atoms with Crippen LogP contribution in [0.1, 0.15) is 5.56 Å². The maximum absolute atomic E-state index is 8.52. The Kier molecular flexibility index (Phi) is 3.36. The first-order valence-electron chi connectivity index (χ1n) is 4.11. The van der Waals surface area contributed by atoms with E-state index in [1.165, 1.54) is 0 Å². The van der Waals surface area contributed by atoms with Crippen molar-refractivity contribution in [1.82, 2.24) is 0 Å². The highest BCUT2D eigenvalue weighted by atomic mass is 16.2. The van der Waals surface area contributed by atoms with Gasteiger partial charge >= 0.3 is 0 Å². The summed E-state index contributed by atoms with van der Waals surface area (Å²) in [7, 11) is 3.97. The predicted molar refractivity (Wildman–Crippen MR) is 54.7 cm³/mol. The highest BCUT2D eigenvalue weighted by Gasteiger charge is 1.93.